The molecule has 0 aliphatic heterocycles. The molecule has 0 unspecified atom stereocenters. The number of carbonyl (C=O) groups is 1. The van der Waals surface area contributed by atoms with Crippen LogP contribution in [0.1, 0.15) is 30.1 Å². The molecule has 0 radical (unpaired) electrons. The second-order valence-electron chi connectivity index (χ2n) is 5.49. The van der Waals surface area contributed by atoms with Gasteiger partial charge in [0.1, 0.15) is 5.75 Å². The summed E-state index contributed by atoms with van der Waals surface area (Å²) in [4.78, 5) is 16.7. The summed E-state index contributed by atoms with van der Waals surface area (Å²) < 4.78 is 11.8. The van der Waals surface area contributed by atoms with E-state index in [-0.39, 0.29) is 5.91 Å². The summed E-state index contributed by atoms with van der Waals surface area (Å²) in [5.74, 6) is 2.00. The molecule has 25 heavy (non-hydrogen) atoms. The Morgan fingerprint density at radius 3 is 2.72 bits per heavy atom. The van der Waals surface area contributed by atoms with Crippen LogP contribution in [-0.2, 0) is 6.54 Å². The zero-order valence-corrected chi connectivity index (χ0v) is 14.2. The van der Waals surface area contributed by atoms with Gasteiger partial charge in [0.15, 0.2) is 5.76 Å². The zero-order chi connectivity index (χ0) is 17.6. The molecule has 7 heteroatoms. The van der Waals surface area contributed by atoms with Crippen molar-refractivity contribution in [1.82, 2.24) is 14.8 Å². The van der Waals surface area contributed by atoms with E-state index in [4.69, 9.17) is 9.15 Å². The van der Waals surface area contributed by atoms with E-state index < -0.39 is 0 Å². The number of furan rings is 1. The number of hydrogen-bond donors (Lipinski definition) is 1. The second-order valence-corrected chi connectivity index (χ2v) is 5.49. The van der Waals surface area contributed by atoms with Crippen LogP contribution < -0.4 is 10.1 Å². The number of anilines is 1. The average Bonchev–Trinajstić information content (AvgIpc) is 3.30. The number of nitrogens with one attached hydrogen (secondary N) is 1. The summed E-state index contributed by atoms with van der Waals surface area (Å²) in [5.41, 5.74) is 1.04. The van der Waals surface area contributed by atoms with E-state index >= 15 is 0 Å². The number of benzene rings is 1. The highest BCUT2D eigenvalue weighted by molar-refractivity contribution is 5.81. The number of rotatable bonds is 7. The molecule has 0 atom stereocenters. The zero-order valence-electron chi connectivity index (χ0n) is 14.2. The third kappa shape index (κ3) is 3.88. The van der Waals surface area contributed by atoms with Gasteiger partial charge in [0, 0.05) is 13.0 Å². The number of nitrogens with zero attached hydrogens (tertiary/aromatic N) is 3. The van der Waals surface area contributed by atoms with Crippen molar-refractivity contribution >= 4 is 11.9 Å². The fourth-order valence-electron chi connectivity index (χ4n) is 2.35. The van der Waals surface area contributed by atoms with Crippen molar-refractivity contribution in [1.29, 1.82) is 0 Å². The molecule has 1 aromatic carbocycles. The summed E-state index contributed by atoms with van der Waals surface area (Å²) in [7, 11) is 1.63. The number of hydrogen-bond acceptors (Lipinski definition) is 6. The average molecular weight is 340 g/mol. The van der Waals surface area contributed by atoms with Crippen LogP contribution in [0.2, 0.25) is 0 Å². The molecule has 3 aromatic rings. The number of methoxy groups -OCH3 is 1. The van der Waals surface area contributed by atoms with Crippen LogP contribution in [0.15, 0.2) is 47.1 Å². The Morgan fingerprint density at radius 1 is 1.28 bits per heavy atom. The normalized spacial score (nSPS) is 10.6. The molecule has 7 nitrogen and oxygen atoms in total. The van der Waals surface area contributed by atoms with Crippen molar-refractivity contribution in [2.75, 3.05) is 12.4 Å². The van der Waals surface area contributed by atoms with Crippen LogP contribution in [0.25, 0.3) is 11.6 Å². The van der Waals surface area contributed by atoms with Crippen LogP contribution in [0.4, 0.5) is 5.95 Å². The highest BCUT2D eigenvalue weighted by Gasteiger charge is 2.17. The van der Waals surface area contributed by atoms with Gasteiger partial charge >= 0.3 is 0 Å². The number of ether oxygens (including phenoxy) is 1. The van der Waals surface area contributed by atoms with Gasteiger partial charge in [-0.05, 0) is 36.2 Å². The first-order valence-electron chi connectivity index (χ1n) is 8.12. The van der Waals surface area contributed by atoms with Crippen LogP contribution in [-0.4, -0.2) is 27.8 Å². The lowest BCUT2D eigenvalue weighted by Crippen LogP contribution is -2.16. The third-order valence-electron chi connectivity index (χ3n) is 3.66. The van der Waals surface area contributed by atoms with Gasteiger partial charge in [0.25, 0.3) is 0 Å². The van der Waals surface area contributed by atoms with Crippen LogP contribution in [0.3, 0.4) is 0 Å². The summed E-state index contributed by atoms with van der Waals surface area (Å²) in [6.07, 6.45) is 2.69. The van der Waals surface area contributed by atoms with Gasteiger partial charge in [-0.2, -0.15) is 9.67 Å². The van der Waals surface area contributed by atoms with E-state index in [9.17, 15) is 4.79 Å². The molecular weight excluding hydrogens is 320 g/mol. The van der Waals surface area contributed by atoms with Gasteiger partial charge < -0.3 is 14.5 Å². The molecule has 2 heterocycles. The lowest BCUT2D eigenvalue weighted by Gasteiger charge is -2.07. The molecule has 0 bridgehead atoms. The fraction of sp³-hybridized carbons (Fsp3) is 0.278. The first-order chi connectivity index (χ1) is 12.2. The van der Waals surface area contributed by atoms with Gasteiger partial charge in [-0.25, -0.2) is 0 Å². The van der Waals surface area contributed by atoms with Gasteiger partial charge in [0.2, 0.25) is 17.7 Å². The van der Waals surface area contributed by atoms with Crippen molar-refractivity contribution in [3.05, 3.63) is 48.2 Å². The minimum atomic E-state index is -0.106. The molecule has 0 saturated heterocycles. The van der Waals surface area contributed by atoms with E-state index in [1.54, 1.807) is 25.5 Å². The highest BCUT2D eigenvalue weighted by atomic mass is 16.5. The molecule has 0 spiro atoms. The predicted molar refractivity (Wildman–Crippen MR) is 93.6 cm³/mol. The SMILES string of the molecule is CCCC(=O)n1nc(-c2ccco2)nc1NCc1ccc(OC)cc1. The molecule has 130 valence electrons. The van der Waals surface area contributed by atoms with Crippen molar-refractivity contribution < 1.29 is 13.9 Å². The topological polar surface area (TPSA) is 82.2 Å². The molecule has 2 aromatic heterocycles. The molecular formula is C18H20N4O3. The Bertz CT molecular complexity index is 823. The van der Waals surface area contributed by atoms with E-state index in [1.165, 1.54) is 4.68 Å². The molecule has 0 fully saturated rings. The maximum absolute atomic E-state index is 12.3. The number of aromatic nitrogens is 3. The molecule has 0 saturated carbocycles. The van der Waals surface area contributed by atoms with Crippen molar-refractivity contribution in [2.45, 2.75) is 26.3 Å². The molecule has 0 aliphatic carbocycles. The van der Waals surface area contributed by atoms with E-state index in [0.29, 0.717) is 30.5 Å². The van der Waals surface area contributed by atoms with Gasteiger partial charge in [-0.15, -0.1) is 5.10 Å². The standard InChI is InChI=1S/C18H20N4O3/c1-3-5-16(23)22-18(20-17(21-22)15-6-4-11-25-15)19-12-13-7-9-14(24-2)10-8-13/h4,6-11H,3,5,12H2,1-2H3,(H,19,20,21). The van der Waals surface area contributed by atoms with E-state index in [2.05, 4.69) is 15.4 Å². The second kappa shape index (κ2) is 7.65. The molecule has 0 aliphatic rings. The van der Waals surface area contributed by atoms with Crippen LogP contribution in [0.5, 0.6) is 5.75 Å². The maximum atomic E-state index is 12.3. The summed E-state index contributed by atoms with van der Waals surface area (Å²) in [5, 5.41) is 7.47. The van der Waals surface area contributed by atoms with Crippen molar-refractivity contribution in [3.63, 3.8) is 0 Å². The molecule has 0 amide bonds. The minimum Gasteiger partial charge on any atom is -0.497 e. The van der Waals surface area contributed by atoms with E-state index in [0.717, 1.165) is 17.7 Å². The quantitative estimate of drug-likeness (QED) is 0.707. The smallest absolute Gasteiger partial charge is 0.250 e. The van der Waals surface area contributed by atoms with Crippen LogP contribution in [0, 0.1) is 0 Å². The Morgan fingerprint density at radius 2 is 2.08 bits per heavy atom. The Balaban J connectivity index is 1.81. The van der Waals surface area contributed by atoms with E-state index in [1.807, 2.05) is 31.2 Å². The van der Waals surface area contributed by atoms with Gasteiger partial charge in [-0.1, -0.05) is 19.1 Å². The third-order valence-corrected chi connectivity index (χ3v) is 3.66. The van der Waals surface area contributed by atoms with Gasteiger partial charge in [-0.3, -0.25) is 4.79 Å². The lowest BCUT2D eigenvalue weighted by molar-refractivity contribution is 0.0888. The fourth-order valence-corrected chi connectivity index (χ4v) is 2.35. The summed E-state index contributed by atoms with van der Waals surface area (Å²) >= 11 is 0. The molecule has 1 N–H and O–H groups in total. The Hall–Kier alpha value is -3.09. The van der Waals surface area contributed by atoms with Crippen molar-refractivity contribution in [3.8, 4) is 17.3 Å². The Kier molecular flexibility index (Phi) is 5.13. The largest absolute Gasteiger partial charge is 0.497 e. The first-order valence-corrected chi connectivity index (χ1v) is 8.12. The lowest BCUT2D eigenvalue weighted by atomic mass is 10.2. The molecule has 3 rings (SSSR count). The van der Waals surface area contributed by atoms with Crippen molar-refractivity contribution in [2.24, 2.45) is 0 Å². The predicted octanol–water partition coefficient (Wildman–Crippen LogP) is 3.60. The van der Waals surface area contributed by atoms with Crippen LogP contribution >= 0.6 is 0 Å². The summed E-state index contributed by atoms with van der Waals surface area (Å²) in [6, 6.07) is 11.2. The monoisotopic (exact) mass is 340 g/mol. The number of carbonyl (C=O) groups excluding carboxylic acids is 1. The first kappa shape index (κ1) is 16.8. The minimum absolute atomic E-state index is 0.106. The summed E-state index contributed by atoms with van der Waals surface area (Å²) in [6.45, 7) is 2.46. The highest BCUT2D eigenvalue weighted by Crippen LogP contribution is 2.19. The maximum Gasteiger partial charge on any atom is 0.250 e. The van der Waals surface area contributed by atoms with Gasteiger partial charge in [0.05, 0.1) is 13.4 Å². The Labute approximate surface area is 145 Å².